The Morgan fingerprint density at radius 3 is 2.78 bits per heavy atom. The number of hydrogen-bond donors (Lipinski definition) is 1. The molecule has 1 fully saturated rings. The first-order chi connectivity index (χ1) is 11.2. The number of ether oxygens (including phenoxy) is 2. The first kappa shape index (κ1) is 16.4. The Bertz CT molecular complexity index is 559. The lowest BCUT2D eigenvalue weighted by Crippen LogP contribution is -2.33. The minimum absolute atomic E-state index is 0.123. The first-order valence-electron chi connectivity index (χ1n) is 8.34. The van der Waals surface area contributed by atoms with E-state index in [4.69, 9.17) is 21.1 Å². The molecule has 1 saturated heterocycles. The van der Waals surface area contributed by atoms with Crippen LogP contribution in [0, 0.1) is 0 Å². The second-order valence-corrected chi connectivity index (χ2v) is 6.40. The van der Waals surface area contributed by atoms with Crippen LogP contribution in [-0.2, 0) is 0 Å². The molecular formula is C17H23ClN2O3. The average molecular weight is 339 g/mol. The second kappa shape index (κ2) is 7.88. The Morgan fingerprint density at radius 2 is 1.96 bits per heavy atom. The number of carbonyl (C=O) groups is 1. The highest BCUT2D eigenvalue weighted by Gasteiger charge is 2.19. The van der Waals surface area contributed by atoms with Gasteiger partial charge in [0.1, 0.15) is 13.2 Å². The zero-order chi connectivity index (χ0) is 16.1. The predicted molar refractivity (Wildman–Crippen MR) is 89.7 cm³/mol. The van der Waals surface area contributed by atoms with Gasteiger partial charge in [-0.05, 0) is 51.0 Å². The number of fused-ring (bicyclic) bond motifs is 1. The number of nitrogens with one attached hydrogen (secondary N) is 1. The molecule has 0 aromatic heterocycles. The smallest absolute Gasteiger partial charge is 0.251 e. The lowest BCUT2D eigenvalue weighted by molar-refractivity contribution is 0.0950. The van der Waals surface area contributed by atoms with E-state index in [9.17, 15) is 4.79 Å². The molecule has 1 aromatic rings. The van der Waals surface area contributed by atoms with Crippen molar-refractivity contribution in [1.29, 1.82) is 0 Å². The molecule has 2 heterocycles. The van der Waals surface area contributed by atoms with E-state index in [1.54, 1.807) is 12.1 Å². The highest BCUT2D eigenvalue weighted by Crippen LogP contribution is 2.38. The van der Waals surface area contributed by atoms with Crippen LogP contribution in [0.4, 0.5) is 0 Å². The summed E-state index contributed by atoms with van der Waals surface area (Å²) in [5.74, 6) is 0.948. The third kappa shape index (κ3) is 4.30. The van der Waals surface area contributed by atoms with Crippen LogP contribution in [0.2, 0.25) is 5.02 Å². The molecule has 1 aromatic carbocycles. The van der Waals surface area contributed by atoms with Crippen molar-refractivity contribution in [3.05, 3.63) is 22.7 Å². The van der Waals surface area contributed by atoms with Gasteiger partial charge in [0.2, 0.25) is 0 Å². The summed E-state index contributed by atoms with van der Waals surface area (Å²) in [6.45, 7) is 5.04. The van der Waals surface area contributed by atoms with Crippen molar-refractivity contribution in [1.82, 2.24) is 10.2 Å². The number of nitrogens with zero attached hydrogens (tertiary/aromatic N) is 1. The molecule has 6 heteroatoms. The van der Waals surface area contributed by atoms with Crippen molar-refractivity contribution < 1.29 is 14.3 Å². The minimum Gasteiger partial charge on any atom is -0.486 e. The minimum atomic E-state index is -0.123. The number of hydrogen-bond acceptors (Lipinski definition) is 4. The van der Waals surface area contributed by atoms with Crippen LogP contribution in [0.15, 0.2) is 12.1 Å². The van der Waals surface area contributed by atoms with Gasteiger partial charge in [-0.3, -0.25) is 4.79 Å². The summed E-state index contributed by atoms with van der Waals surface area (Å²) in [4.78, 5) is 14.7. The van der Waals surface area contributed by atoms with Gasteiger partial charge in [0.05, 0.1) is 5.02 Å². The maximum absolute atomic E-state index is 12.3. The SMILES string of the molecule is O=C(NCCCN1CCCCC1)c1cc(Cl)c2c(c1)OCCO2. The number of likely N-dealkylation sites (tertiary alicyclic amines) is 1. The Labute approximate surface area is 141 Å². The van der Waals surface area contributed by atoms with Crippen LogP contribution in [-0.4, -0.2) is 50.2 Å². The number of amides is 1. The molecule has 2 aliphatic rings. The fraction of sp³-hybridized carbons (Fsp3) is 0.588. The van der Waals surface area contributed by atoms with E-state index >= 15 is 0 Å². The van der Waals surface area contributed by atoms with E-state index in [1.165, 1.54) is 32.4 Å². The summed E-state index contributed by atoms with van der Waals surface area (Å²) in [6.07, 6.45) is 4.90. The van der Waals surface area contributed by atoms with Crippen molar-refractivity contribution in [2.45, 2.75) is 25.7 Å². The van der Waals surface area contributed by atoms with Gasteiger partial charge in [0.15, 0.2) is 11.5 Å². The highest BCUT2D eigenvalue weighted by atomic mass is 35.5. The van der Waals surface area contributed by atoms with Gasteiger partial charge in [-0.2, -0.15) is 0 Å². The van der Waals surface area contributed by atoms with E-state index in [0.717, 1.165) is 13.0 Å². The molecule has 0 spiro atoms. The maximum atomic E-state index is 12.3. The van der Waals surface area contributed by atoms with E-state index in [-0.39, 0.29) is 5.91 Å². The van der Waals surface area contributed by atoms with Gasteiger partial charge in [-0.1, -0.05) is 18.0 Å². The standard InChI is InChI=1S/C17H23ClN2O3/c18-14-11-13(12-15-16(14)23-10-9-22-15)17(21)19-5-4-8-20-6-2-1-3-7-20/h11-12H,1-10H2,(H,19,21). The average Bonchev–Trinajstić information content (AvgIpc) is 2.59. The summed E-state index contributed by atoms with van der Waals surface area (Å²) >= 11 is 6.16. The Morgan fingerprint density at radius 1 is 1.17 bits per heavy atom. The number of rotatable bonds is 5. The van der Waals surface area contributed by atoms with Gasteiger partial charge in [0, 0.05) is 12.1 Å². The molecule has 0 atom stereocenters. The van der Waals surface area contributed by atoms with Gasteiger partial charge >= 0.3 is 0 Å². The first-order valence-corrected chi connectivity index (χ1v) is 8.71. The molecule has 1 amide bonds. The van der Waals surface area contributed by atoms with Gasteiger partial charge in [0.25, 0.3) is 5.91 Å². The molecule has 0 unspecified atom stereocenters. The lowest BCUT2D eigenvalue weighted by atomic mass is 10.1. The van der Waals surface area contributed by atoms with Crippen molar-refractivity contribution in [2.24, 2.45) is 0 Å². The fourth-order valence-corrected chi connectivity index (χ4v) is 3.30. The number of carbonyl (C=O) groups excluding carboxylic acids is 1. The van der Waals surface area contributed by atoms with Crippen LogP contribution >= 0.6 is 11.6 Å². The Balaban J connectivity index is 1.49. The van der Waals surface area contributed by atoms with Crippen LogP contribution < -0.4 is 14.8 Å². The van der Waals surface area contributed by atoms with Crippen molar-refractivity contribution in [2.75, 3.05) is 39.4 Å². The maximum Gasteiger partial charge on any atom is 0.251 e. The van der Waals surface area contributed by atoms with E-state index in [0.29, 0.717) is 41.8 Å². The van der Waals surface area contributed by atoms with Crippen molar-refractivity contribution >= 4 is 17.5 Å². The number of halogens is 1. The Hall–Kier alpha value is -1.46. The second-order valence-electron chi connectivity index (χ2n) is 5.99. The lowest BCUT2D eigenvalue weighted by Gasteiger charge is -2.26. The molecule has 3 rings (SSSR count). The predicted octanol–water partition coefficient (Wildman–Crippen LogP) is 2.72. The molecule has 0 aliphatic carbocycles. The molecule has 0 bridgehead atoms. The normalized spacial score (nSPS) is 17.8. The molecule has 5 nitrogen and oxygen atoms in total. The quantitative estimate of drug-likeness (QED) is 0.839. The summed E-state index contributed by atoms with van der Waals surface area (Å²) in [5.41, 5.74) is 0.511. The van der Waals surface area contributed by atoms with Gasteiger partial charge in [-0.25, -0.2) is 0 Å². The molecule has 126 valence electrons. The number of piperidine rings is 1. The van der Waals surface area contributed by atoms with Crippen LogP contribution in [0.3, 0.4) is 0 Å². The molecule has 0 saturated carbocycles. The molecule has 0 radical (unpaired) electrons. The monoisotopic (exact) mass is 338 g/mol. The molecular weight excluding hydrogens is 316 g/mol. The van der Waals surface area contributed by atoms with Crippen molar-refractivity contribution in [3.8, 4) is 11.5 Å². The largest absolute Gasteiger partial charge is 0.486 e. The highest BCUT2D eigenvalue weighted by molar-refractivity contribution is 6.32. The summed E-state index contributed by atoms with van der Waals surface area (Å²) in [7, 11) is 0. The van der Waals surface area contributed by atoms with Crippen LogP contribution in [0.5, 0.6) is 11.5 Å². The molecule has 2 aliphatic heterocycles. The van der Waals surface area contributed by atoms with Crippen molar-refractivity contribution in [3.63, 3.8) is 0 Å². The van der Waals surface area contributed by atoms with E-state index in [2.05, 4.69) is 10.2 Å². The molecule has 1 N–H and O–H groups in total. The zero-order valence-corrected chi connectivity index (χ0v) is 14.0. The third-order valence-electron chi connectivity index (χ3n) is 4.24. The van der Waals surface area contributed by atoms with Gasteiger partial charge < -0.3 is 19.7 Å². The number of benzene rings is 1. The van der Waals surface area contributed by atoms with E-state index < -0.39 is 0 Å². The zero-order valence-electron chi connectivity index (χ0n) is 13.3. The van der Waals surface area contributed by atoms with Crippen LogP contribution in [0.1, 0.15) is 36.0 Å². The summed E-state index contributed by atoms with van der Waals surface area (Å²) in [6, 6.07) is 3.33. The van der Waals surface area contributed by atoms with E-state index in [1.807, 2.05) is 0 Å². The third-order valence-corrected chi connectivity index (χ3v) is 4.53. The Kier molecular flexibility index (Phi) is 5.62. The molecule has 23 heavy (non-hydrogen) atoms. The summed E-state index contributed by atoms with van der Waals surface area (Å²) < 4.78 is 11.0. The van der Waals surface area contributed by atoms with Gasteiger partial charge in [-0.15, -0.1) is 0 Å². The van der Waals surface area contributed by atoms with Crippen LogP contribution in [0.25, 0.3) is 0 Å². The summed E-state index contributed by atoms with van der Waals surface area (Å²) in [5, 5.41) is 3.37. The topological polar surface area (TPSA) is 50.8 Å². The fourth-order valence-electron chi connectivity index (χ4n) is 3.03.